The highest BCUT2D eigenvalue weighted by atomic mass is 16.6. The number of nitrogens with one attached hydrogen (secondary N) is 1. The predicted molar refractivity (Wildman–Crippen MR) is 82.5 cm³/mol. The van der Waals surface area contributed by atoms with Crippen LogP contribution in [0.25, 0.3) is 0 Å². The highest BCUT2D eigenvalue weighted by molar-refractivity contribution is 5.62. The van der Waals surface area contributed by atoms with Crippen LogP contribution in [0.15, 0.2) is 22.8 Å². The van der Waals surface area contributed by atoms with E-state index in [-0.39, 0.29) is 5.69 Å². The van der Waals surface area contributed by atoms with Gasteiger partial charge in [0.25, 0.3) is 0 Å². The monoisotopic (exact) mass is 319 g/mol. The molecule has 0 unspecified atom stereocenters. The van der Waals surface area contributed by atoms with Gasteiger partial charge in [-0.15, -0.1) is 0 Å². The number of ether oxygens (including phenoxy) is 1. The third-order valence-corrected chi connectivity index (χ3v) is 3.53. The minimum absolute atomic E-state index is 0.0598. The summed E-state index contributed by atoms with van der Waals surface area (Å²) in [5, 5.41) is 14.4. The normalized spacial score (nSPS) is 14.7. The van der Waals surface area contributed by atoms with Gasteiger partial charge in [0.1, 0.15) is 11.5 Å². The van der Waals surface area contributed by atoms with Crippen molar-refractivity contribution in [3.05, 3.63) is 40.0 Å². The zero-order chi connectivity index (χ0) is 16.2. The Bertz CT molecular complexity index is 683. The van der Waals surface area contributed by atoms with Crippen LogP contribution in [0.4, 0.5) is 17.5 Å². The van der Waals surface area contributed by atoms with Gasteiger partial charge in [0.15, 0.2) is 0 Å². The first-order valence-electron chi connectivity index (χ1n) is 7.27. The zero-order valence-corrected chi connectivity index (χ0v) is 12.7. The number of rotatable bonds is 5. The molecule has 0 radical (unpaired) electrons. The minimum atomic E-state index is -0.434. The van der Waals surface area contributed by atoms with Gasteiger partial charge in [-0.2, -0.15) is 4.98 Å². The average molecular weight is 319 g/mol. The van der Waals surface area contributed by atoms with Crippen LogP contribution in [0.3, 0.4) is 0 Å². The van der Waals surface area contributed by atoms with Crippen molar-refractivity contribution in [1.82, 2.24) is 9.97 Å². The van der Waals surface area contributed by atoms with E-state index in [0.717, 1.165) is 5.76 Å². The van der Waals surface area contributed by atoms with Crippen LogP contribution in [0.1, 0.15) is 11.5 Å². The first-order valence-corrected chi connectivity index (χ1v) is 7.27. The number of aryl methyl sites for hydroxylation is 1. The molecule has 1 aliphatic rings. The number of morpholine rings is 1. The lowest BCUT2D eigenvalue weighted by Crippen LogP contribution is -2.37. The summed E-state index contributed by atoms with van der Waals surface area (Å²) >= 11 is 0. The molecule has 1 fully saturated rings. The van der Waals surface area contributed by atoms with Crippen LogP contribution >= 0.6 is 0 Å². The molecule has 0 atom stereocenters. The fourth-order valence-corrected chi connectivity index (χ4v) is 2.42. The molecule has 1 N–H and O–H groups in total. The summed E-state index contributed by atoms with van der Waals surface area (Å²) < 4.78 is 10.5. The second kappa shape index (κ2) is 6.61. The van der Waals surface area contributed by atoms with E-state index in [1.54, 1.807) is 19.3 Å². The van der Waals surface area contributed by atoms with Crippen LogP contribution in [0.2, 0.25) is 0 Å². The van der Waals surface area contributed by atoms with Crippen molar-refractivity contribution >= 4 is 17.5 Å². The van der Waals surface area contributed by atoms with Gasteiger partial charge in [0, 0.05) is 13.1 Å². The number of nitrogens with zero attached hydrogens (tertiary/aromatic N) is 4. The van der Waals surface area contributed by atoms with E-state index < -0.39 is 4.92 Å². The Labute approximate surface area is 132 Å². The highest BCUT2D eigenvalue weighted by Crippen LogP contribution is 2.30. The largest absolute Gasteiger partial charge is 0.467 e. The van der Waals surface area contributed by atoms with E-state index in [2.05, 4.69) is 15.3 Å². The molecule has 3 rings (SSSR count). The van der Waals surface area contributed by atoms with Crippen molar-refractivity contribution in [2.24, 2.45) is 0 Å². The molecule has 9 nitrogen and oxygen atoms in total. The Morgan fingerprint density at radius 1 is 1.39 bits per heavy atom. The Morgan fingerprint density at radius 3 is 2.83 bits per heavy atom. The Kier molecular flexibility index (Phi) is 4.38. The van der Waals surface area contributed by atoms with Gasteiger partial charge < -0.3 is 19.4 Å². The van der Waals surface area contributed by atoms with E-state index in [4.69, 9.17) is 9.15 Å². The van der Waals surface area contributed by atoms with Gasteiger partial charge in [-0.1, -0.05) is 0 Å². The van der Waals surface area contributed by atoms with Crippen LogP contribution in [0.5, 0.6) is 0 Å². The lowest BCUT2D eigenvalue weighted by atomic mass is 10.3. The molecule has 0 aromatic carbocycles. The molecule has 2 aromatic rings. The van der Waals surface area contributed by atoms with Gasteiger partial charge in [0.2, 0.25) is 11.8 Å². The summed E-state index contributed by atoms with van der Waals surface area (Å²) in [6, 6.07) is 3.62. The molecule has 1 aliphatic heterocycles. The van der Waals surface area contributed by atoms with Gasteiger partial charge in [-0.3, -0.25) is 10.1 Å². The lowest BCUT2D eigenvalue weighted by Gasteiger charge is -2.27. The Balaban J connectivity index is 1.88. The van der Waals surface area contributed by atoms with Gasteiger partial charge in [-0.05, 0) is 19.1 Å². The summed E-state index contributed by atoms with van der Waals surface area (Å²) in [6.45, 7) is 4.20. The first kappa shape index (κ1) is 15.2. The predicted octanol–water partition coefficient (Wildman–Crippen LogP) is 1.73. The van der Waals surface area contributed by atoms with E-state index >= 15 is 0 Å². The van der Waals surface area contributed by atoms with Crippen LogP contribution in [0, 0.1) is 17.0 Å². The maximum Gasteiger partial charge on any atom is 0.332 e. The first-order chi connectivity index (χ1) is 11.1. The summed E-state index contributed by atoms with van der Waals surface area (Å²) in [6.07, 6.45) is 1.58. The van der Waals surface area contributed by atoms with Crippen LogP contribution in [-0.2, 0) is 11.3 Å². The van der Waals surface area contributed by atoms with Crippen molar-refractivity contribution in [1.29, 1.82) is 0 Å². The lowest BCUT2D eigenvalue weighted by molar-refractivity contribution is -0.385. The van der Waals surface area contributed by atoms with Crippen LogP contribution < -0.4 is 10.2 Å². The zero-order valence-electron chi connectivity index (χ0n) is 12.7. The molecule has 0 bridgehead atoms. The number of anilines is 2. The molecule has 2 aromatic heterocycles. The van der Waals surface area contributed by atoms with E-state index in [9.17, 15) is 10.1 Å². The third kappa shape index (κ3) is 3.39. The van der Waals surface area contributed by atoms with E-state index in [1.165, 1.54) is 0 Å². The molecule has 0 saturated carbocycles. The Morgan fingerprint density at radius 2 is 2.17 bits per heavy atom. The molecular weight excluding hydrogens is 302 g/mol. The standard InChI is InChI=1S/C14H17N5O4/c1-10-12(19(20)21)13(18-4-7-22-8-5-18)17-14(16-10)15-9-11-3-2-6-23-11/h2-3,6H,4-5,7-9H2,1H3,(H,15,16,17). The van der Waals surface area contributed by atoms with Gasteiger partial charge in [-0.25, -0.2) is 4.98 Å². The minimum Gasteiger partial charge on any atom is -0.467 e. The van der Waals surface area contributed by atoms with Gasteiger partial charge in [0.05, 0.1) is 30.9 Å². The maximum absolute atomic E-state index is 11.4. The van der Waals surface area contributed by atoms with Crippen molar-refractivity contribution < 1.29 is 14.1 Å². The molecule has 0 spiro atoms. The molecule has 23 heavy (non-hydrogen) atoms. The number of nitro groups is 1. The third-order valence-electron chi connectivity index (χ3n) is 3.53. The van der Waals surface area contributed by atoms with E-state index in [0.29, 0.717) is 50.3 Å². The molecule has 0 aliphatic carbocycles. The average Bonchev–Trinajstić information content (AvgIpc) is 3.06. The summed E-state index contributed by atoms with van der Waals surface area (Å²) in [4.78, 5) is 21.3. The second-order valence-corrected chi connectivity index (χ2v) is 5.09. The number of furan rings is 1. The molecule has 1 saturated heterocycles. The smallest absolute Gasteiger partial charge is 0.332 e. The molecule has 9 heteroatoms. The quantitative estimate of drug-likeness (QED) is 0.656. The van der Waals surface area contributed by atoms with E-state index in [1.807, 2.05) is 11.0 Å². The number of hydrogen-bond donors (Lipinski definition) is 1. The molecule has 3 heterocycles. The summed E-state index contributed by atoms with van der Waals surface area (Å²) in [5.74, 6) is 1.40. The molecular formula is C14H17N5O4. The van der Waals surface area contributed by atoms with Crippen molar-refractivity contribution in [3.63, 3.8) is 0 Å². The fourth-order valence-electron chi connectivity index (χ4n) is 2.42. The summed E-state index contributed by atoms with van der Waals surface area (Å²) in [7, 11) is 0. The summed E-state index contributed by atoms with van der Waals surface area (Å²) in [5.41, 5.74) is 0.267. The topological polar surface area (TPSA) is 107 Å². The van der Waals surface area contributed by atoms with Gasteiger partial charge >= 0.3 is 5.69 Å². The highest BCUT2D eigenvalue weighted by Gasteiger charge is 2.27. The molecule has 0 amide bonds. The molecule has 122 valence electrons. The number of hydrogen-bond acceptors (Lipinski definition) is 8. The second-order valence-electron chi connectivity index (χ2n) is 5.09. The Hall–Kier alpha value is -2.68. The van der Waals surface area contributed by atoms with Crippen molar-refractivity contribution in [2.75, 3.05) is 36.5 Å². The van der Waals surface area contributed by atoms with Crippen LogP contribution in [-0.4, -0.2) is 41.2 Å². The fraction of sp³-hybridized carbons (Fsp3) is 0.429. The maximum atomic E-state index is 11.4. The number of aromatic nitrogens is 2. The van der Waals surface area contributed by atoms with Crippen molar-refractivity contribution in [3.8, 4) is 0 Å². The van der Waals surface area contributed by atoms with Crippen molar-refractivity contribution in [2.45, 2.75) is 13.5 Å². The SMILES string of the molecule is Cc1nc(NCc2ccco2)nc(N2CCOCC2)c1[N+](=O)[O-].